The van der Waals surface area contributed by atoms with Crippen LogP contribution in [0.25, 0.3) is 0 Å². The number of nitrogens with one attached hydrogen (secondary N) is 2. The van der Waals surface area contributed by atoms with E-state index in [4.69, 9.17) is 4.74 Å². The molecule has 0 saturated carbocycles. The molecule has 4 aromatic carbocycles. The number of anilines is 1. The lowest BCUT2D eigenvalue weighted by molar-refractivity contribution is -0.137. The van der Waals surface area contributed by atoms with Gasteiger partial charge < -0.3 is 20.5 Å². The molecule has 2 unspecified atom stereocenters. The topological polar surface area (TPSA) is 105 Å². The molecule has 228 valence electrons. The summed E-state index contributed by atoms with van der Waals surface area (Å²) in [5, 5.41) is 15.9. The Morgan fingerprint density at radius 3 is 2.32 bits per heavy atom. The number of hydrogen-bond acceptors (Lipinski definition) is 5. The number of amides is 1. The first kappa shape index (κ1) is 31.9. The number of hydrogen-bond donors (Lipinski definition) is 3. The van der Waals surface area contributed by atoms with Crippen LogP contribution in [0.5, 0.6) is 5.75 Å². The van der Waals surface area contributed by atoms with Gasteiger partial charge in [-0.1, -0.05) is 80.1 Å². The molecule has 7 nitrogen and oxygen atoms in total. The number of carboxylic acids is 1. The standard InChI is InChI=1S/C36H37FN2O5/c1-2-10-30(27-13-8-14-28(37)24-27)35(41)38-21-9-22-44-29-19-17-25(18-20-29)23-33(36(42)43)39-32-16-7-6-15-31(32)34(40)26-11-4-3-5-12-26/h3-8,11-20,24,30,33,39H,2,9-10,21-23H2,1H3,(H,38,41)(H,42,43). The van der Waals surface area contributed by atoms with Crippen LogP contribution in [0.3, 0.4) is 0 Å². The van der Waals surface area contributed by atoms with E-state index in [-0.39, 0.29) is 23.9 Å². The van der Waals surface area contributed by atoms with Crippen molar-refractivity contribution >= 4 is 23.3 Å². The van der Waals surface area contributed by atoms with Crippen LogP contribution >= 0.6 is 0 Å². The van der Waals surface area contributed by atoms with E-state index in [0.717, 1.165) is 12.0 Å². The molecule has 0 aliphatic heterocycles. The number of carbonyl (C=O) groups excluding carboxylic acids is 2. The lowest BCUT2D eigenvalue weighted by Gasteiger charge is -2.18. The summed E-state index contributed by atoms with van der Waals surface area (Å²) in [7, 11) is 0. The zero-order valence-corrected chi connectivity index (χ0v) is 24.7. The maximum Gasteiger partial charge on any atom is 0.326 e. The van der Waals surface area contributed by atoms with Gasteiger partial charge in [-0.05, 0) is 60.4 Å². The van der Waals surface area contributed by atoms with Gasteiger partial charge in [0, 0.05) is 29.8 Å². The summed E-state index contributed by atoms with van der Waals surface area (Å²) in [6.45, 7) is 2.79. The van der Waals surface area contributed by atoms with Gasteiger partial charge in [0.1, 0.15) is 17.6 Å². The zero-order valence-electron chi connectivity index (χ0n) is 24.7. The smallest absolute Gasteiger partial charge is 0.326 e. The Morgan fingerprint density at radius 2 is 1.61 bits per heavy atom. The highest BCUT2D eigenvalue weighted by Crippen LogP contribution is 2.23. The third kappa shape index (κ3) is 9.01. The van der Waals surface area contributed by atoms with Crippen molar-refractivity contribution in [1.29, 1.82) is 0 Å². The Morgan fingerprint density at radius 1 is 0.886 bits per heavy atom. The average Bonchev–Trinajstić information content (AvgIpc) is 3.04. The molecule has 0 bridgehead atoms. The predicted molar refractivity (Wildman–Crippen MR) is 169 cm³/mol. The fourth-order valence-corrected chi connectivity index (χ4v) is 4.96. The summed E-state index contributed by atoms with van der Waals surface area (Å²) in [5.74, 6) is -1.48. The number of carbonyl (C=O) groups is 3. The third-order valence-corrected chi connectivity index (χ3v) is 7.23. The minimum absolute atomic E-state index is 0.129. The van der Waals surface area contributed by atoms with Crippen LogP contribution < -0.4 is 15.4 Å². The van der Waals surface area contributed by atoms with E-state index in [1.54, 1.807) is 72.8 Å². The van der Waals surface area contributed by atoms with Crippen molar-refractivity contribution < 1.29 is 28.6 Å². The quantitative estimate of drug-likeness (QED) is 0.0991. The first-order valence-corrected chi connectivity index (χ1v) is 14.8. The van der Waals surface area contributed by atoms with Gasteiger partial charge in [0.05, 0.1) is 12.5 Å². The van der Waals surface area contributed by atoms with Gasteiger partial charge in [0.2, 0.25) is 5.91 Å². The fraction of sp³-hybridized carbons (Fsp3) is 0.250. The van der Waals surface area contributed by atoms with Crippen LogP contribution in [0.15, 0.2) is 103 Å². The summed E-state index contributed by atoms with van der Waals surface area (Å²) in [6.07, 6.45) is 2.22. The molecule has 8 heteroatoms. The van der Waals surface area contributed by atoms with Crippen molar-refractivity contribution in [3.8, 4) is 5.75 Å². The minimum Gasteiger partial charge on any atom is -0.494 e. The Kier molecular flexibility index (Phi) is 11.6. The second-order valence-corrected chi connectivity index (χ2v) is 10.5. The number of rotatable bonds is 16. The van der Waals surface area contributed by atoms with Crippen LogP contribution in [-0.4, -0.2) is 42.0 Å². The molecule has 0 spiro atoms. The molecule has 0 fully saturated rings. The molecule has 3 N–H and O–H groups in total. The monoisotopic (exact) mass is 596 g/mol. The number of ether oxygens (including phenoxy) is 1. The first-order chi connectivity index (χ1) is 21.4. The predicted octanol–water partition coefficient (Wildman–Crippen LogP) is 6.63. The maximum absolute atomic E-state index is 13.7. The minimum atomic E-state index is -1.03. The number of benzene rings is 4. The van der Waals surface area contributed by atoms with E-state index in [1.807, 2.05) is 25.1 Å². The Bertz CT molecular complexity index is 1540. The molecule has 4 rings (SSSR count). The third-order valence-electron chi connectivity index (χ3n) is 7.23. The van der Waals surface area contributed by atoms with Crippen molar-refractivity contribution in [3.63, 3.8) is 0 Å². The average molecular weight is 597 g/mol. The lowest BCUT2D eigenvalue weighted by Crippen LogP contribution is -2.32. The van der Waals surface area contributed by atoms with Crippen molar-refractivity contribution in [3.05, 3.63) is 131 Å². The molecule has 0 aromatic heterocycles. The highest BCUT2D eigenvalue weighted by atomic mass is 19.1. The van der Waals surface area contributed by atoms with Gasteiger partial charge in [-0.15, -0.1) is 0 Å². The van der Waals surface area contributed by atoms with Crippen LogP contribution in [0.1, 0.15) is 59.2 Å². The Balaban J connectivity index is 1.27. The summed E-state index contributed by atoms with van der Waals surface area (Å²) in [4.78, 5) is 37.9. The normalized spacial score (nSPS) is 12.1. The number of carboxylic acid groups (broad SMARTS) is 1. The molecule has 1 amide bonds. The van der Waals surface area contributed by atoms with Gasteiger partial charge in [-0.25, -0.2) is 9.18 Å². The van der Waals surface area contributed by atoms with Crippen molar-refractivity contribution in [2.45, 2.75) is 44.6 Å². The molecule has 4 aromatic rings. The second kappa shape index (κ2) is 16.0. The van der Waals surface area contributed by atoms with Gasteiger partial charge in [0.25, 0.3) is 0 Å². The highest BCUT2D eigenvalue weighted by Gasteiger charge is 2.22. The largest absolute Gasteiger partial charge is 0.494 e. The lowest BCUT2D eigenvalue weighted by atomic mass is 9.93. The molecular weight excluding hydrogens is 559 g/mol. The van der Waals surface area contributed by atoms with E-state index < -0.39 is 17.9 Å². The molecule has 0 saturated heterocycles. The fourth-order valence-electron chi connectivity index (χ4n) is 4.96. The van der Waals surface area contributed by atoms with E-state index in [0.29, 0.717) is 54.1 Å². The van der Waals surface area contributed by atoms with Crippen molar-refractivity contribution in [2.24, 2.45) is 0 Å². The first-order valence-electron chi connectivity index (χ1n) is 14.8. The molecule has 0 radical (unpaired) electrons. The summed E-state index contributed by atoms with van der Waals surface area (Å²) in [6, 6.07) is 28.1. The van der Waals surface area contributed by atoms with E-state index in [2.05, 4.69) is 10.6 Å². The van der Waals surface area contributed by atoms with Gasteiger partial charge >= 0.3 is 5.97 Å². The second-order valence-electron chi connectivity index (χ2n) is 10.5. The summed E-state index contributed by atoms with van der Waals surface area (Å²) >= 11 is 0. The molecule has 0 heterocycles. The van der Waals surface area contributed by atoms with Crippen LogP contribution in [0, 0.1) is 5.82 Å². The number of para-hydroxylation sites is 1. The van der Waals surface area contributed by atoms with Crippen LogP contribution in [-0.2, 0) is 16.0 Å². The highest BCUT2D eigenvalue weighted by molar-refractivity contribution is 6.12. The van der Waals surface area contributed by atoms with E-state index >= 15 is 0 Å². The molecule has 2 atom stereocenters. The summed E-state index contributed by atoms with van der Waals surface area (Å²) < 4.78 is 19.5. The SMILES string of the molecule is CCCC(C(=O)NCCCOc1ccc(CC(Nc2ccccc2C(=O)c2ccccc2)C(=O)O)cc1)c1cccc(F)c1. The van der Waals surface area contributed by atoms with Gasteiger partial charge in [-0.2, -0.15) is 0 Å². The van der Waals surface area contributed by atoms with Crippen LogP contribution in [0.4, 0.5) is 10.1 Å². The number of aliphatic carboxylic acids is 1. The van der Waals surface area contributed by atoms with Gasteiger partial charge in [-0.3, -0.25) is 9.59 Å². The Labute approximate surface area is 257 Å². The maximum atomic E-state index is 13.7. The molecule has 0 aliphatic rings. The van der Waals surface area contributed by atoms with Crippen LogP contribution in [0.2, 0.25) is 0 Å². The van der Waals surface area contributed by atoms with E-state index in [1.165, 1.54) is 12.1 Å². The summed E-state index contributed by atoms with van der Waals surface area (Å²) in [5.41, 5.74) is 2.84. The Hall–Kier alpha value is -4.98. The van der Waals surface area contributed by atoms with Crippen molar-refractivity contribution in [2.75, 3.05) is 18.5 Å². The number of halogens is 1. The molecule has 44 heavy (non-hydrogen) atoms. The zero-order chi connectivity index (χ0) is 31.3. The molecular formula is C36H37FN2O5. The molecule has 0 aliphatic carbocycles. The number of ketones is 1. The van der Waals surface area contributed by atoms with E-state index in [9.17, 15) is 23.9 Å². The van der Waals surface area contributed by atoms with Crippen molar-refractivity contribution in [1.82, 2.24) is 5.32 Å². The van der Waals surface area contributed by atoms with Gasteiger partial charge in [0.15, 0.2) is 5.78 Å².